The molecule has 1 aromatic heterocycles. The fourth-order valence-corrected chi connectivity index (χ4v) is 1.92. The number of aromatic nitrogens is 1. The highest BCUT2D eigenvalue weighted by molar-refractivity contribution is 5.96. The van der Waals surface area contributed by atoms with Crippen molar-refractivity contribution in [2.75, 3.05) is 6.54 Å². The zero-order valence-corrected chi connectivity index (χ0v) is 8.83. The maximum Gasteiger partial charge on any atom is 0.326 e. The van der Waals surface area contributed by atoms with Crippen LogP contribution in [0.4, 0.5) is 0 Å². The van der Waals surface area contributed by atoms with Crippen molar-refractivity contribution >= 4 is 11.9 Å². The Morgan fingerprint density at radius 1 is 1.50 bits per heavy atom. The molecule has 16 heavy (non-hydrogen) atoms. The van der Waals surface area contributed by atoms with Gasteiger partial charge >= 0.3 is 5.97 Å². The van der Waals surface area contributed by atoms with Crippen LogP contribution in [0.25, 0.3) is 0 Å². The molecular weight excluding hydrogens is 208 g/mol. The van der Waals surface area contributed by atoms with Crippen LogP contribution in [0, 0.1) is 5.92 Å². The summed E-state index contributed by atoms with van der Waals surface area (Å²) in [4.78, 5) is 28.1. The summed E-state index contributed by atoms with van der Waals surface area (Å²) in [6.45, 7) is 2.30. The fraction of sp³-hybridized carbons (Fsp3) is 0.364. The lowest BCUT2D eigenvalue weighted by Crippen LogP contribution is -2.61. The molecule has 2 atom stereocenters. The Labute approximate surface area is 92.7 Å². The normalized spacial score (nSPS) is 23.7. The lowest BCUT2D eigenvalue weighted by molar-refractivity contribution is -0.149. The van der Waals surface area contributed by atoms with Crippen molar-refractivity contribution in [3.63, 3.8) is 0 Å². The van der Waals surface area contributed by atoms with Gasteiger partial charge in [-0.3, -0.25) is 9.78 Å². The number of hydrogen-bond acceptors (Lipinski definition) is 3. The smallest absolute Gasteiger partial charge is 0.326 e. The highest BCUT2D eigenvalue weighted by Gasteiger charge is 2.44. The monoisotopic (exact) mass is 220 g/mol. The van der Waals surface area contributed by atoms with Gasteiger partial charge in [-0.15, -0.1) is 0 Å². The van der Waals surface area contributed by atoms with E-state index in [1.54, 1.807) is 18.2 Å². The second-order valence-electron chi connectivity index (χ2n) is 3.93. The maximum absolute atomic E-state index is 11.9. The van der Waals surface area contributed by atoms with Crippen LogP contribution < -0.4 is 0 Å². The van der Waals surface area contributed by atoms with Crippen molar-refractivity contribution in [3.8, 4) is 0 Å². The molecule has 0 saturated carbocycles. The lowest BCUT2D eigenvalue weighted by Gasteiger charge is -2.43. The number of aliphatic carboxylic acids is 1. The largest absolute Gasteiger partial charge is 0.480 e. The van der Waals surface area contributed by atoms with Crippen LogP contribution >= 0.6 is 0 Å². The number of hydrogen-bond donors (Lipinski definition) is 1. The molecule has 1 amide bonds. The van der Waals surface area contributed by atoms with Gasteiger partial charge in [-0.2, -0.15) is 0 Å². The zero-order valence-electron chi connectivity index (χ0n) is 8.83. The van der Waals surface area contributed by atoms with Gasteiger partial charge in [0.05, 0.1) is 0 Å². The summed E-state index contributed by atoms with van der Waals surface area (Å²) < 4.78 is 0. The predicted molar refractivity (Wildman–Crippen MR) is 55.9 cm³/mol. The third-order valence-corrected chi connectivity index (χ3v) is 2.76. The molecule has 1 fully saturated rings. The number of amides is 1. The standard InChI is InChI=1S/C11H12N2O3/c1-7-6-13(9(7)11(15)16)10(14)8-4-2-3-5-12-8/h2-5,7,9H,6H2,1H3,(H,15,16)/t7-,9+/m1/s1. The van der Waals surface area contributed by atoms with Crippen LogP contribution in [0.1, 0.15) is 17.4 Å². The Kier molecular flexibility index (Phi) is 2.60. The predicted octanol–water partition coefficient (Wildman–Crippen LogP) is 0.627. The van der Waals surface area contributed by atoms with Gasteiger partial charge in [0.25, 0.3) is 5.91 Å². The zero-order chi connectivity index (χ0) is 11.7. The van der Waals surface area contributed by atoms with Gasteiger partial charge in [0.15, 0.2) is 0 Å². The molecule has 0 aliphatic carbocycles. The average molecular weight is 220 g/mol. The van der Waals surface area contributed by atoms with Crippen LogP contribution in [-0.4, -0.2) is 39.5 Å². The van der Waals surface area contributed by atoms with Crippen molar-refractivity contribution < 1.29 is 14.7 Å². The van der Waals surface area contributed by atoms with Gasteiger partial charge < -0.3 is 10.0 Å². The summed E-state index contributed by atoms with van der Waals surface area (Å²) in [6.07, 6.45) is 1.52. The molecule has 1 N–H and O–H groups in total. The van der Waals surface area contributed by atoms with E-state index in [1.807, 2.05) is 6.92 Å². The topological polar surface area (TPSA) is 70.5 Å². The van der Waals surface area contributed by atoms with Crippen molar-refractivity contribution in [1.29, 1.82) is 0 Å². The first-order valence-corrected chi connectivity index (χ1v) is 5.06. The summed E-state index contributed by atoms with van der Waals surface area (Å²) in [5.74, 6) is -1.26. The van der Waals surface area contributed by atoms with Crippen LogP contribution in [0.3, 0.4) is 0 Å². The molecule has 5 heteroatoms. The van der Waals surface area contributed by atoms with E-state index in [9.17, 15) is 9.59 Å². The van der Waals surface area contributed by atoms with Gasteiger partial charge in [0.1, 0.15) is 11.7 Å². The Bertz CT molecular complexity index is 418. The van der Waals surface area contributed by atoms with Crippen molar-refractivity contribution in [1.82, 2.24) is 9.88 Å². The van der Waals surface area contributed by atoms with Gasteiger partial charge in [0.2, 0.25) is 0 Å². The molecule has 0 unspecified atom stereocenters. The number of nitrogens with zero attached hydrogens (tertiary/aromatic N) is 2. The van der Waals surface area contributed by atoms with E-state index < -0.39 is 12.0 Å². The molecule has 1 aliphatic rings. The van der Waals surface area contributed by atoms with Gasteiger partial charge in [-0.1, -0.05) is 13.0 Å². The first-order chi connectivity index (χ1) is 7.61. The summed E-state index contributed by atoms with van der Waals surface area (Å²) in [7, 11) is 0. The van der Waals surface area contributed by atoms with Crippen LogP contribution in [-0.2, 0) is 4.79 Å². The average Bonchev–Trinajstić information content (AvgIpc) is 2.25. The van der Waals surface area contributed by atoms with Crippen molar-refractivity contribution in [2.24, 2.45) is 5.92 Å². The van der Waals surface area contributed by atoms with Gasteiger partial charge in [0, 0.05) is 18.7 Å². The number of carboxylic acid groups (broad SMARTS) is 1. The highest BCUT2D eigenvalue weighted by Crippen LogP contribution is 2.26. The summed E-state index contributed by atoms with van der Waals surface area (Å²) in [5, 5.41) is 8.96. The van der Waals surface area contributed by atoms with Crippen LogP contribution in [0.2, 0.25) is 0 Å². The highest BCUT2D eigenvalue weighted by atomic mass is 16.4. The lowest BCUT2D eigenvalue weighted by atomic mass is 9.90. The minimum Gasteiger partial charge on any atom is -0.480 e. The summed E-state index contributed by atoms with van der Waals surface area (Å²) >= 11 is 0. The second kappa shape index (κ2) is 3.92. The molecule has 84 valence electrons. The summed E-state index contributed by atoms with van der Waals surface area (Å²) in [5.41, 5.74) is 0.292. The number of likely N-dealkylation sites (tertiary alicyclic amines) is 1. The number of rotatable bonds is 2. The van der Waals surface area contributed by atoms with E-state index in [0.29, 0.717) is 12.2 Å². The van der Waals surface area contributed by atoms with Crippen LogP contribution in [0.5, 0.6) is 0 Å². The maximum atomic E-state index is 11.9. The Hall–Kier alpha value is -1.91. The third-order valence-electron chi connectivity index (χ3n) is 2.76. The van der Waals surface area contributed by atoms with E-state index in [-0.39, 0.29) is 11.8 Å². The molecule has 0 spiro atoms. The van der Waals surface area contributed by atoms with E-state index in [0.717, 1.165) is 0 Å². The van der Waals surface area contributed by atoms with E-state index in [1.165, 1.54) is 11.1 Å². The first kappa shape index (κ1) is 10.6. The molecule has 2 heterocycles. The number of carbonyl (C=O) groups excluding carboxylic acids is 1. The Morgan fingerprint density at radius 2 is 2.25 bits per heavy atom. The molecule has 0 aromatic carbocycles. The molecule has 1 saturated heterocycles. The third kappa shape index (κ3) is 1.64. The molecule has 1 aliphatic heterocycles. The number of carboxylic acids is 1. The van der Waals surface area contributed by atoms with Crippen LogP contribution in [0.15, 0.2) is 24.4 Å². The van der Waals surface area contributed by atoms with E-state index in [2.05, 4.69) is 4.98 Å². The minimum atomic E-state index is -0.956. The quantitative estimate of drug-likeness (QED) is 0.793. The van der Waals surface area contributed by atoms with E-state index in [4.69, 9.17) is 5.11 Å². The fourth-order valence-electron chi connectivity index (χ4n) is 1.92. The minimum absolute atomic E-state index is 0.00478. The Balaban J connectivity index is 2.16. The SMILES string of the molecule is C[C@@H]1CN(C(=O)c2ccccn2)[C@@H]1C(=O)O. The number of carbonyl (C=O) groups is 2. The Morgan fingerprint density at radius 3 is 2.75 bits per heavy atom. The molecule has 0 radical (unpaired) electrons. The number of pyridine rings is 1. The van der Waals surface area contributed by atoms with Gasteiger partial charge in [-0.25, -0.2) is 4.79 Å². The van der Waals surface area contributed by atoms with Crippen molar-refractivity contribution in [3.05, 3.63) is 30.1 Å². The van der Waals surface area contributed by atoms with Crippen molar-refractivity contribution in [2.45, 2.75) is 13.0 Å². The molecular formula is C11H12N2O3. The second-order valence-corrected chi connectivity index (χ2v) is 3.93. The molecule has 2 rings (SSSR count). The molecule has 0 bridgehead atoms. The van der Waals surface area contributed by atoms with E-state index >= 15 is 0 Å². The molecule has 5 nitrogen and oxygen atoms in total. The summed E-state index contributed by atoms with van der Waals surface area (Å²) in [6, 6.07) is 4.29. The van der Waals surface area contributed by atoms with Gasteiger partial charge in [-0.05, 0) is 12.1 Å². The molecule has 1 aromatic rings. The first-order valence-electron chi connectivity index (χ1n) is 5.06.